The molecule has 1 amide bonds. The van der Waals surface area contributed by atoms with Gasteiger partial charge in [-0.2, -0.15) is 5.10 Å². The van der Waals surface area contributed by atoms with E-state index in [1.54, 1.807) is 55.8 Å². The highest BCUT2D eigenvalue weighted by atomic mass is 35.5. The van der Waals surface area contributed by atoms with E-state index in [0.717, 1.165) is 0 Å². The molecule has 2 N–H and O–H groups in total. The minimum absolute atomic E-state index is 0.000661. The number of aliphatic hydroxyl groups is 2. The molecule has 1 unspecified atom stereocenters. The lowest BCUT2D eigenvalue weighted by Gasteiger charge is -2.40. The normalized spacial score (nSPS) is 20.4. The van der Waals surface area contributed by atoms with E-state index in [2.05, 4.69) is 10.1 Å². The zero-order chi connectivity index (χ0) is 29.9. The summed E-state index contributed by atoms with van der Waals surface area (Å²) in [4.78, 5) is 20.0. The average Bonchev–Trinajstić information content (AvgIpc) is 3.45. The van der Waals surface area contributed by atoms with Gasteiger partial charge in [0.05, 0.1) is 43.2 Å². The molecule has 2 aromatic heterocycles. The van der Waals surface area contributed by atoms with Gasteiger partial charge in [-0.05, 0) is 55.2 Å². The number of ether oxygens (including phenoxy) is 2. The van der Waals surface area contributed by atoms with Gasteiger partial charge in [0.1, 0.15) is 11.4 Å². The van der Waals surface area contributed by atoms with Crippen LogP contribution in [-0.4, -0.2) is 55.1 Å². The fourth-order valence-corrected chi connectivity index (χ4v) is 5.52. The molecule has 2 atom stereocenters. The number of carbonyl (C=O) groups excluding carboxylic acids is 1. The summed E-state index contributed by atoms with van der Waals surface area (Å²) in [6.07, 6.45) is 5.76. The number of hydrogen-bond acceptors (Lipinski definition) is 7. The molecule has 0 spiro atoms. The summed E-state index contributed by atoms with van der Waals surface area (Å²) in [7, 11) is 3.22. The second-order valence-electron chi connectivity index (χ2n) is 11.1. The number of hydrogen-bond donors (Lipinski definition) is 2. The van der Waals surface area contributed by atoms with Crippen molar-refractivity contribution in [3.63, 3.8) is 0 Å². The molecular formula is C31H30ClFN4O5. The van der Waals surface area contributed by atoms with Crippen LogP contribution in [-0.2, 0) is 29.7 Å². The van der Waals surface area contributed by atoms with Crippen molar-refractivity contribution in [2.45, 2.75) is 43.2 Å². The largest absolute Gasteiger partial charge is 0.481 e. The van der Waals surface area contributed by atoms with E-state index in [0.29, 0.717) is 40.4 Å². The van der Waals surface area contributed by atoms with Crippen molar-refractivity contribution < 1.29 is 28.9 Å². The highest BCUT2D eigenvalue weighted by molar-refractivity contribution is 6.30. The Morgan fingerprint density at radius 2 is 1.86 bits per heavy atom. The Hall–Kier alpha value is -3.83. The van der Waals surface area contributed by atoms with Gasteiger partial charge in [0.15, 0.2) is 5.72 Å². The number of nitrogens with zero attached hydrogens (tertiary/aromatic N) is 4. The predicted molar refractivity (Wildman–Crippen MR) is 151 cm³/mol. The van der Waals surface area contributed by atoms with Crippen LogP contribution in [0.1, 0.15) is 57.9 Å². The molecule has 1 fully saturated rings. The zero-order valence-electron chi connectivity index (χ0n) is 23.3. The Balaban J connectivity index is 1.55. The van der Waals surface area contributed by atoms with Crippen molar-refractivity contribution in [2.24, 2.45) is 7.05 Å². The van der Waals surface area contributed by atoms with Gasteiger partial charge in [-0.15, -0.1) is 0 Å². The van der Waals surface area contributed by atoms with Crippen LogP contribution in [0, 0.1) is 5.82 Å². The van der Waals surface area contributed by atoms with Gasteiger partial charge in [0.25, 0.3) is 5.91 Å². The predicted octanol–water partition coefficient (Wildman–Crippen LogP) is 4.27. The third-order valence-corrected chi connectivity index (χ3v) is 8.33. The summed E-state index contributed by atoms with van der Waals surface area (Å²) in [6, 6.07) is 12.8. The molecule has 0 radical (unpaired) electrons. The highest BCUT2D eigenvalue weighted by Crippen LogP contribution is 2.50. The molecule has 1 aliphatic heterocycles. The monoisotopic (exact) mass is 592 g/mol. The lowest BCUT2D eigenvalue weighted by Crippen LogP contribution is -2.48. The molecule has 4 aromatic rings. The summed E-state index contributed by atoms with van der Waals surface area (Å²) < 4.78 is 29.8. The van der Waals surface area contributed by atoms with Crippen LogP contribution in [0.2, 0.25) is 5.02 Å². The number of aromatic nitrogens is 3. The Morgan fingerprint density at radius 1 is 1.12 bits per heavy atom. The summed E-state index contributed by atoms with van der Waals surface area (Å²) >= 11 is 6.22. The van der Waals surface area contributed by atoms with Gasteiger partial charge in [0.2, 0.25) is 5.88 Å². The summed E-state index contributed by atoms with van der Waals surface area (Å²) in [5.74, 6) is -0.853. The number of methoxy groups -OCH3 is 1. The molecule has 3 heterocycles. The zero-order valence-corrected chi connectivity index (χ0v) is 24.1. The standard InChI is InChI=1S/C31H30ClFN4O5/c1-29(39,22-15-35-36(2)17-22)21-12-24-27(25(33)13-21)31(42-18-30(40)10-11-30,20-5-7-23(32)8-6-20)37(28(24)38)16-19-4-9-26(41-3)34-14-19/h4-9,12-15,17,39-40H,10-11,16,18H2,1-3H3/t29?,31-/m1/s1. The molecule has 2 aromatic carbocycles. The van der Waals surface area contributed by atoms with Crippen LogP contribution < -0.4 is 4.74 Å². The fourth-order valence-electron chi connectivity index (χ4n) is 5.39. The fraction of sp³-hybridized carbons (Fsp3) is 0.323. The molecular weight excluding hydrogens is 563 g/mol. The van der Waals surface area contributed by atoms with E-state index >= 15 is 4.39 Å². The first-order valence-corrected chi connectivity index (χ1v) is 13.8. The second-order valence-corrected chi connectivity index (χ2v) is 11.6. The first-order valence-electron chi connectivity index (χ1n) is 13.5. The van der Waals surface area contributed by atoms with Gasteiger partial charge in [-0.1, -0.05) is 29.8 Å². The summed E-state index contributed by atoms with van der Waals surface area (Å²) in [6.45, 7) is 1.39. The SMILES string of the molecule is COc1ccc(CN2C(=O)c3cc(C(C)(O)c4cnn(C)c4)cc(F)c3[C@]2(OCC2(O)CC2)c2ccc(Cl)cc2)cn1. The van der Waals surface area contributed by atoms with Gasteiger partial charge < -0.3 is 19.7 Å². The maximum Gasteiger partial charge on any atom is 0.257 e. The van der Waals surface area contributed by atoms with Crippen molar-refractivity contribution in [2.75, 3.05) is 13.7 Å². The first kappa shape index (κ1) is 28.3. The van der Waals surface area contributed by atoms with Crippen molar-refractivity contribution >= 4 is 17.5 Å². The molecule has 9 nitrogen and oxygen atoms in total. The van der Waals surface area contributed by atoms with Crippen LogP contribution in [0.25, 0.3) is 0 Å². The molecule has 6 rings (SSSR count). The van der Waals surface area contributed by atoms with E-state index in [9.17, 15) is 15.0 Å². The molecule has 42 heavy (non-hydrogen) atoms. The summed E-state index contributed by atoms with van der Waals surface area (Å²) in [5.41, 5.74) is -2.73. The highest BCUT2D eigenvalue weighted by Gasteiger charge is 2.56. The van der Waals surface area contributed by atoms with Crippen LogP contribution in [0.5, 0.6) is 5.88 Å². The number of pyridine rings is 1. The number of aryl methyl sites for hydroxylation is 1. The van der Waals surface area contributed by atoms with Gasteiger partial charge >= 0.3 is 0 Å². The number of halogens is 2. The minimum atomic E-state index is -1.75. The number of benzene rings is 2. The first-order chi connectivity index (χ1) is 20.0. The Bertz CT molecular complexity index is 1650. The molecule has 2 aliphatic rings. The van der Waals surface area contributed by atoms with Gasteiger partial charge in [-0.3, -0.25) is 14.4 Å². The Morgan fingerprint density at radius 3 is 2.45 bits per heavy atom. The quantitative estimate of drug-likeness (QED) is 0.299. The van der Waals surface area contributed by atoms with E-state index < -0.39 is 28.7 Å². The molecule has 0 saturated heterocycles. The summed E-state index contributed by atoms with van der Waals surface area (Å²) in [5, 5.41) is 26.9. The molecule has 1 aliphatic carbocycles. The Labute approximate surface area is 247 Å². The number of carbonyl (C=O) groups is 1. The Kier molecular flexibility index (Phi) is 6.85. The van der Waals surface area contributed by atoms with E-state index in [1.165, 1.54) is 41.9 Å². The van der Waals surface area contributed by atoms with E-state index in [1.807, 2.05) is 0 Å². The van der Waals surface area contributed by atoms with E-state index in [-0.39, 0.29) is 29.8 Å². The lowest BCUT2D eigenvalue weighted by molar-refractivity contribution is -0.139. The molecule has 1 saturated carbocycles. The van der Waals surface area contributed by atoms with Crippen LogP contribution in [0.4, 0.5) is 4.39 Å². The van der Waals surface area contributed by atoms with Crippen LogP contribution in [0.3, 0.4) is 0 Å². The molecule has 0 bridgehead atoms. The topological polar surface area (TPSA) is 110 Å². The van der Waals surface area contributed by atoms with Crippen LogP contribution in [0.15, 0.2) is 67.1 Å². The van der Waals surface area contributed by atoms with Crippen molar-refractivity contribution in [1.29, 1.82) is 0 Å². The third kappa shape index (κ3) is 4.74. The van der Waals surface area contributed by atoms with Gasteiger partial charge in [-0.25, -0.2) is 9.37 Å². The van der Waals surface area contributed by atoms with Crippen molar-refractivity contribution in [1.82, 2.24) is 19.7 Å². The van der Waals surface area contributed by atoms with Crippen molar-refractivity contribution in [3.8, 4) is 5.88 Å². The molecule has 11 heteroatoms. The van der Waals surface area contributed by atoms with E-state index in [4.69, 9.17) is 21.1 Å². The smallest absolute Gasteiger partial charge is 0.257 e. The number of rotatable bonds is 9. The number of amides is 1. The van der Waals surface area contributed by atoms with Crippen LogP contribution >= 0.6 is 11.6 Å². The van der Waals surface area contributed by atoms with Gasteiger partial charge in [0, 0.05) is 41.7 Å². The molecule has 218 valence electrons. The lowest BCUT2D eigenvalue weighted by atomic mass is 9.85. The maximum absolute atomic E-state index is 16.6. The minimum Gasteiger partial charge on any atom is -0.481 e. The number of fused-ring (bicyclic) bond motifs is 1. The van der Waals surface area contributed by atoms with Crippen molar-refractivity contribution in [3.05, 3.63) is 111 Å². The average molecular weight is 593 g/mol. The third-order valence-electron chi connectivity index (χ3n) is 8.07. The second kappa shape index (κ2) is 10.2. The maximum atomic E-state index is 16.6.